The van der Waals surface area contributed by atoms with E-state index in [0.29, 0.717) is 19.4 Å². The summed E-state index contributed by atoms with van der Waals surface area (Å²) in [5.74, 6) is -1.25. The normalized spacial score (nSPS) is 14.5. The molecular weight excluding hydrogens is 687 g/mol. The Balaban J connectivity index is 1.35. The Morgan fingerprint density at radius 3 is 2.11 bits per heavy atom. The summed E-state index contributed by atoms with van der Waals surface area (Å²) in [6, 6.07) is 29.5. The van der Waals surface area contributed by atoms with Crippen LogP contribution in [-0.2, 0) is 59.2 Å². The summed E-state index contributed by atoms with van der Waals surface area (Å²) in [6.07, 6.45) is 1.20. The Kier molecular flexibility index (Phi) is 9.82. The first-order chi connectivity index (χ1) is 25.5. The molecule has 0 bridgehead atoms. The van der Waals surface area contributed by atoms with Crippen molar-refractivity contribution in [2.75, 3.05) is 30.9 Å². The lowest BCUT2D eigenvalue weighted by molar-refractivity contribution is -0.168. The van der Waals surface area contributed by atoms with E-state index in [4.69, 9.17) is 13.7 Å². The van der Waals surface area contributed by atoms with Gasteiger partial charge in [0.1, 0.15) is 0 Å². The molecule has 0 fully saturated rings. The number of rotatable bonds is 11. The van der Waals surface area contributed by atoms with E-state index in [-0.39, 0.29) is 31.3 Å². The molecule has 9 nitrogen and oxygen atoms in total. The lowest BCUT2D eigenvalue weighted by atomic mass is 9.58. The number of hydrogen-bond donors (Lipinski definition) is 1. The minimum absolute atomic E-state index is 0.0204. The molecule has 0 saturated heterocycles. The predicted molar refractivity (Wildman–Crippen MR) is 208 cm³/mol. The van der Waals surface area contributed by atoms with Gasteiger partial charge in [-0.1, -0.05) is 72.3 Å². The molecule has 0 amide bonds. The fraction of sp³-hybridized carbons (Fsp3) is 0.286. The first kappa shape index (κ1) is 36.2. The standard InChI is InChI=1S/C42H43BN2O7S/c1-27-19-21-32(22-20-27)53(48,49)52-23-11-16-33-28(2)34-24-42(40(46)50-4,41(47)51-5)25-35(34)29(3)39(33)43-44-36-17-9-14-31-15-10-18-37(38(31)36)45(43)26-30-12-7-6-8-13-30/h6-10,12-15,17-22,44H,11,16,23-26H2,1-5H3. The SMILES string of the molecule is COC(=O)C1(C(=O)OC)Cc2c(C)c(CCCOS(=O)(=O)c3ccc(C)cc3)c(B3Nc4cccc5cccc(c45)N3Cc3ccccc3)c(C)c2C1. The summed E-state index contributed by atoms with van der Waals surface area (Å²) in [7, 11) is -1.36. The number of anilines is 2. The molecule has 5 aromatic rings. The fourth-order valence-electron chi connectivity index (χ4n) is 8.25. The van der Waals surface area contributed by atoms with Gasteiger partial charge in [0.25, 0.3) is 10.1 Å². The zero-order valence-electron chi connectivity index (χ0n) is 30.7. The van der Waals surface area contributed by atoms with Crippen LogP contribution in [-0.4, -0.2) is 48.2 Å². The number of carbonyl (C=O) groups excluding carboxylic acids is 2. The molecule has 0 spiro atoms. The second-order valence-corrected chi connectivity index (χ2v) is 15.7. The molecule has 1 N–H and O–H groups in total. The number of benzene rings is 5. The predicted octanol–water partition coefficient (Wildman–Crippen LogP) is 6.36. The molecule has 272 valence electrons. The van der Waals surface area contributed by atoms with E-state index in [0.717, 1.165) is 66.6 Å². The van der Waals surface area contributed by atoms with E-state index in [1.54, 1.807) is 24.3 Å². The molecule has 0 unspecified atom stereocenters. The Bertz CT molecular complexity index is 2310. The van der Waals surface area contributed by atoms with Gasteiger partial charge in [-0.05, 0) is 102 Å². The minimum Gasteiger partial charge on any atom is -0.468 e. The number of ether oxygens (including phenoxy) is 2. The largest absolute Gasteiger partial charge is 0.468 e. The number of aryl methyl sites for hydroxylation is 1. The van der Waals surface area contributed by atoms with Gasteiger partial charge in [0.05, 0.1) is 25.7 Å². The van der Waals surface area contributed by atoms with E-state index in [9.17, 15) is 18.0 Å². The van der Waals surface area contributed by atoms with Crippen LogP contribution >= 0.6 is 0 Å². The average Bonchev–Trinajstić information content (AvgIpc) is 3.59. The Morgan fingerprint density at radius 2 is 1.45 bits per heavy atom. The first-order valence-corrected chi connectivity index (χ1v) is 19.3. The number of methoxy groups -OCH3 is 2. The van der Waals surface area contributed by atoms with Crippen LogP contribution in [0.15, 0.2) is 95.9 Å². The molecule has 1 aliphatic carbocycles. The molecule has 5 aromatic carbocycles. The Hall–Kier alpha value is -5.13. The van der Waals surface area contributed by atoms with Crippen molar-refractivity contribution in [3.63, 3.8) is 0 Å². The molecule has 0 aromatic heterocycles. The molecule has 2 aliphatic rings. The van der Waals surface area contributed by atoms with Crippen LogP contribution in [0.2, 0.25) is 0 Å². The van der Waals surface area contributed by atoms with Crippen molar-refractivity contribution in [1.82, 2.24) is 0 Å². The van der Waals surface area contributed by atoms with E-state index < -0.39 is 27.5 Å². The third-order valence-corrected chi connectivity index (χ3v) is 12.3. The van der Waals surface area contributed by atoms with Crippen molar-refractivity contribution in [2.45, 2.75) is 57.9 Å². The van der Waals surface area contributed by atoms with Crippen molar-refractivity contribution >= 4 is 56.6 Å². The molecular formula is C42H43BN2O7S. The van der Waals surface area contributed by atoms with Crippen molar-refractivity contribution in [2.24, 2.45) is 5.41 Å². The van der Waals surface area contributed by atoms with Gasteiger partial charge in [-0.15, -0.1) is 0 Å². The summed E-state index contributed by atoms with van der Waals surface area (Å²) in [6.45, 7) is 6.23. The number of carbonyl (C=O) groups is 2. The summed E-state index contributed by atoms with van der Waals surface area (Å²) < 4.78 is 42.2. The smallest absolute Gasteiger partial charge is 0.409 e. The summed E-state index contributed by atoms with van der Waals surface area (Å²) in [5.41, 5.74) is 8.47. The summed E-state index contributed by atoms with van der Waals surface area (Å²) >= 11 is 0. The van der Waals surface area contributed by atoms with Crippen molar-refractivity contribution in [3.8, 4) is 0 Å². The van der Waals surface area contributed by atoms with Crippen molar-refractivity contribution < 1.29 is 31.7 Å². The zero-order valence-corrected chi connectivity index (χ0v) is 31.5. The highest BCUT2D eigenvalue weighted by molar-refractivity contribution is 7.86. The minimum atomic E-state index is -3.95. The van der Waals surface area contributed by atoms with Crippen LogP contribution in [0.4, 0.5) is 11.4 Å². The Labute approximate surface area is 311 Å². The molecule has 1 heterocycles. The second kappa shape index (κ2) is 14.4. The number of hydrogen-bond acceptors (Lipinski definition) is 9. The lowest BCUT2D eigenvalue weighted by Gasteiger charge is -2.40. The molecule has 1 aliphatic heterocycles. The van der Waals surface area contributed by atoms with Crippen molar-refractivity contribution in [1.29, 1.82) is 0 Å². The van der Waals surface area contributed by atoms with Crippen LogP contribution in [0.3, 0.4) is 0 Å². The second-order valence-electron chi connectivity index (χ2n) is 14.1. The molecule has 0 saturated carbocycles. The highest BCUT2D eigenvalue weighted by Gasteiger charge is 2.54. The van der Waals surface area contributed by atoms with Crippen LogP contribution in [0.25, 0.3) is 10.8 Å². The van der Waals surface area contributed by atoms with Gasteiger partial charge < -0.3 is 19.5 Å². The maximum atomic E-state index is 13.4. The first-order valence-electron chi connectivity index (χ1n) is 17.8. The third kappa shape index (κ3) is 6.46. The number of fused-ring (bicyclic) bond motifs is 1. The van der Waals surface area contributed by atoms with Gasteiger partial charge in [0, 0.05) is 36.1 Å². The molecule has 0 radical (unpaired) electrons. The number of nitrogens with one attached hydrogen (secondary N) is 1. The van der Waals surface area contributed by atoms with Gasteiger partial charge >= 0.3 is 18.9 Å². The fourth-order valence-corrected chi connectivity index (χ4v) is 9.19. The number of esters is 2. The third-order valence-electron chi connectivity index (χ3n) is 10.9. The van der Waals surface area contributed by atoms with Crippen LogP contribution in [0.5, 0.6) is 0 Å². The van der Waals surface area contributed by atoms with E-state index >= 15 is 0 Å². The molecule has 7 rings (SSSR count). The molecule has 53 heavy (non-hydrogen) atoms. The van der Waals surface area contributed by atoms with Crippen molar-refractivity contribution in [3.05, 3.63) is 130 Å². The monoisotopic (exact) mass is 730 g/mol. The zero-order chi connectivity index (χ0) is 37.5. The highest BCUT2D eigenvalue weighted by Crippen LogP contribution is 2.44. The summed E-state index contributed by atoms with van der Waals surface area (Å²) in [5, 5.41) is 6.15. The number of nitrogens with zero attached hydrogens (tertiary/aromatic N) is 1. The van der Waals surface area contributed by atoms with E-state index in [1.165, 1.54) is 14.2 Å². The van der Waals surface area contributed by atoms with E-state index in [1.807, 2.05) is 38.1 Å². The highest BCUT2D eigenvalue weighted by atomic mass is 32.2. The van der Waals surface area contributed by atoms with Gasteiger partial charge in [-0.2, -0.15) is 8.42 Å². The van der Waals surface area contributed by atoms with E-state index in [2.05, 4.69) is 59.4 Å². The lowest BCUT2D eigenvalue weighted by Crippen LogP contribution is -2.58. The molecule has 11 heteroatoms. The topological polar surface area (TPSA) is 111 Å². The maximum Gasteiger partial charge on any atom is 0.409 e. The van der Waals surface area contributed by atoms with Gasteiger partial charge in [0.2, 0.25) is 0 Å². The maximum absolute atomic E-state index is 13.4. The van der Waals surface area contributed by atoms with Gasteiger partial charge in [0.15, 0.2) is 5.41 Å². The average molecular weight is 731 g/mol. The van der Waals surface area contributed by atoms with Crippen LogP contribution < -0.4 is 15.5 Å². The Morgan fingerprint density at radius 1 is 0.811 bits per heavy atom. The quantitative estimate of drug-likeness (QED) is 0.0546. The molecule has 0 atom stereocenters. The van der Waals surface area contributed by atoms with Crippen LogP contribution in [0, 0.1) is 26.2 Å². The summed E-state index contributed by atoms with van der Waals surface area (Å²) in [4.78, 5) is 29.3. The van der Waals surface area contributed by atoms with Gasteiger partial charge in [-0.25, -0.2) is 0 Å². The van der Waals surface area contributed by atoms with Crippen LogP contribution in [0.1, 0.15) is 45.4 Å². The van der Waals surface area contributed by atoms with Gasteiger partial charge in [-0.3, -0.25) is 13.8 Å².